The lowest BCUT2D eigenvalue weighted by Gasteiger charge is -2.17. The van der Waals surface area contributed by atoms with Crippen LogP contribution < -0.4 is 10.6 Å². The molecule has 0 atom stereocenters. The van der Waals surface area contributed by atoms with E-state index in [1.54, 1.807) is 12.1 Å². The van der Waals surface area contributed by atoms with Gasteiger partial charge in [-0.05, 0) is 44.0 Å². The van der Waals surface area contributed by atoms with Crippen LogP contribution in [0, 0.1) is 18.3 Å². The van der Waals surface area contributed by atoms with Gasteiger partial charge in [0.15, 0.2) is 0 Å². The van der Waals surface area contributed by atoms with Crippen molar-refractivity contribution in [3.8, 4) is 6.07 Å². The molecule has 0 aliphatic heterocycles. The fourth-order valence-corrected chi connectivity index (χ4v) is 3.09. The van der Waals surface area contributed by atoms with Crippen LogP contribution in [-0.4, -0.2) is 16.0 Å². The first kappa shape index (κ1) is 16.3. The molecule has 0 spiro atoms. The van der Waals surface area contributed by atoms with Gasteiger partial charge in [-0.3, -0.25) is 0 Å². The predicted octanol–water partition coefficient (Wildman–Crippen LogP) is 4.54. The number of nitrogens with zero attached hydrogens (tertiary/aromatic N) is 3. The van der Waals surface area contributed by atoms with Crippen molar-refractivity contribution in [2.24, 2.45) is 0 Å². The Labute approximate surface area is 143 Å². The van der Waals surface area contributed by atoms with Crippen LogP contribution in [0.5, 0.6) is 0 Å². The molecule has 1 saturated carbocycles. The van der Waals surface area contributed by atoms with Gasteiger partial charge in [-0.25, -0.2) is 4.98 Å². The number of rotatable bonds is 4. The number of aromatic nitrogens is 2. The van der Waals surface area contributed by atoms with E-state index in [4.69, 9.17) is 5.26 Å². The zero-order chi connectivity index (χ0) is 16.8. The normalized spacial score (nSPS) is 15.3. The maximum absolute atomic E-state index is 8.86. The van der Waals surface area contributed by atoms with Gasteiger partial charge in [0.25, 0.3) is 0 Å². The predicted molar refractivity (Wildman–Crippen MR) is 96.3 cm³/mol. The van der Waals surface area contributed by atoms with Crippen LogP contribution in [0.3, 0.4) is 0 Å². The third kappa shape index (κ3) is 4.45. The first-order valence-electron chi connectivity index (χ1n) is 8.62. The SMILES string of the molecule is Cc1cc(NC2CCCCCC2)nc(Nc2ccc(C#N)cc2)n1. The number of benzene rings is 1. The van der Waals surface area contributed by atoms with Gasteiger partial charge < -0.3 is 10.6 Å². The zero-order valence-corrected chi connectivity index (χ0v) is 14.0. The third-order valence-electron chi connectivity index (χ3n) is 4.33. The highest BCUT2D eigenvalue weighted by Gasteiger charge is 2.13. The number of nitrogens with one attached hydrogen (secondary N) is 2. The summed E-state index contributed by atoms with van der Waals surface area (Å²) < 4.78 is 0. The Morgan fingerprint density at radius 3 is 2.42 bits per heavy atom. The highest BCUT2D eigenvalue weighted by molar-refractivity contribution is 5.56. The molecule has 0 bridgehead atoms. The lowest BCUT2D eigenvalue weighted by atomic mass is 10.1. The fourth-order valence-electron chi connectivity index (χ4n) is 3.09. The average molecular weight is 321 g/mol. The van der Waals surface area contributed by atoms with E-state index < -0.39 is 0 Å². The summed E-state index contributed by atoms with van der Waals surface area (Å²) in [5, 5.41) is 15.6. The Morgan fingerprint density at radius 1 is 1.04 bits per heavy atom. The van der Waals surface area contributed by atoms with Crippen LogP contribution >= 0.6 is 0 Å². The summed E-state index contributed by atoms with van der Waals surface area (Å²) in [5.41, 5.74) is 2.44. The monoisotopic (exact) mass is 321 g/mol. The van der Waals surface area contributed by atoms with Crippen molar-refractivity contribution in [1.82, 2.24) is 9.97 Å². The molecule has 1 aliphatic carbocycles. The Hall–Kier alpha value is -2.61. The molecular formula is C19H23N5. The Morgan fingerprint density at radius 2 is 1.75 bits per heavy atom. The second-order valence-electron chi connectivity index (χ2n) is 6.37. The minimum absolute atomic E-state index is 0.504. The maximum atomic E-state index is 8.86. The highest BCUT2D eigenvalue weighted by Crippen LogP contribution is 2.22. The number of hydrogen-bond acceptors (Lipinski definition) is 5. The van der Waals surface area contributed by atoms with E-state index in [0.29, 0.717) is 17.6 Å². The molecule has 1 fully saturated rings. The van der Waals surface area contributed by atoms with E-state index in [0.717, 1.165) is 17.2 Å². The summed E-state index contributed by atoms with van der Waals surface area (Å²) in [7, 11) is 0. The minimum Gasteiger partial charge on any atom is -0.367 e. The van der Waals surface area contributed by atoms with Gasteiger partial charge in [-0.15, -0.1) is 0 Å². The molecule has 5 heteroatoms. The quantitative estimate of drug-likeness (QED) is 0.809. The molecule has 0 radical (unpaired) electrons. The second kappa shape index (κ2) is 7.78. The smallest absolute Gasteiger partial charge is 0.229 e. The van der Waals surface area contributed by atoms with Gasteiger partial charge in [0.1, 0.15) is 5.82 Å². The summed E-state index contributed by atoms with van der Waals surface area (Å²) in [6.45, 7) is 1.98. The van der Waals surface area contributed by atoms with Gasteiger partial charge in [0.2, 0.25) is 5.95 Å². The second-order valence-corrected chi connectivity index (χ2v) is 6.37. The molecule has 24 heavy (non-hydrogen) atoms. The lowest BCUT2D eigenvalue weighted by Crippen LogP contribution is -2.19. The molecular weight excluding hydrogens is 298 g/mol. The molecule has 3 rings (SSSR count). The van der Waals surface area contributed by atoms with Crippen molar-refractivity contribution in [3.63, 3.8) is 0 Å². The molecule has 1 heterocycles. The van der Waals surface area contributed by atoms with Crippen LogP contribution in [-0.2, 0) is 0 Å². The zero-order valence-electron chi connectivity index (χ0n) is 14.0. The molecule has 0 unspecified atom stereocenters. The molecule has 1 aliphatic rings. The van der Waals surface area contributed by atoms with Crippen molar-refractivity contribution >= 4 is 17.5 Å². The van der Waals surface area contributed by atoms with Gasteiger partial charge in [-0.1, -0.05) is 25.7 Å². The number of nitriles is 1. The maximum Gasteiger partial charge on any atom is 0.229 e. The van der Waals surface area contributed by atoms with Gasteiger partial charge >= 0.3 is 0 Å². The number of aryl methyl sites for hydroxylation is 1. The summed E-state index contributed by atoms with van der Waals surface area (Å²) in [6.07, 6.45) is 7.68. The summed E-state index contributed by atoms with van der Waals surface area (Å²) in [6, 6.07) is 11.9. The molecule has 2 N–H and O–H groups in total. The molecule has 0 amide bonds. The minimum atomic E-state index is 0.504. The Kier molecular flexibility index (Phi) is 5.27. The molecule has 5 nitrogen and oxygen atoms in total. The summed E-state index contributed by atoms with van der Waals surface area (Å²) in [4.78, 5) is 9.05. The molecule has 2 aromatic rings. The third-order valence-corrected chi connectivity index (χ3v) is 4.33. The van der Waals surface area contributed by atoms with Crippen molar-refractivity contribution in [2.45, 2.75) is 51.5 Å². The topological polar surface area (TPSA) is 73.6 Å². The lowest BCUT2D eigenvalue weighted by molar-refractivity contribution is 0.617. The van der Waals surface area contributed by atoms with Crippen molar-refractivity contribution in [3.05, 3.63) is 41.6 Å². The van der Waals surface area contributed by atoms with Crippen LogP contribution in [0.25, 0.3) is 0 Å². The van der Waals surface area contributed by atoms with E-state index in [9.17, 15) is 0 Å². The van der Waals surface area contributed by atoms with Crippen LogP contribution in [0.1, 0.15) is 49.8 Å². The largest absolute Gasteiger partial charge is 0.367 e. The average Bonchev–Trinajstić information content (AvgIpc) is 2.84. The van der Waals surface area contributed by atoms with Crippen LogP contribution in [0.15, 0.2) is 30.3 Å². The van der Waals surface area contributed by atoms with E-state index in [1.807, 2.05) is 25.1 Å². The number of hydrogen-bond donors (Lipinski definition) is 2. The first-order valence-corrected chi connectivity index (χ1v) is 8.62. The van der Waals surface area contributed by atoms with Gasteiger partial charge in [-0.2, -0.15) is 10.2 Å². The summed E-state index contributed by atoms with van der Waals surface area (Å²) in [5.74, 6) is 1.46. The van der Waals surface area contributed by atoms with Crippen molar-refractivity contribution < 1.29 is 0 Å². The Bertz CT molecular complexity index is 710. The van der Waals surface area contributed by atoms with E-state index in [-0.39, 0.29) is 0 Å². The van der Waals surface area contributed by atoms with E-state index in [2.05, 4.69) is 26.7 Å². The van der Waals surface area contributed by atoms with Gasteiger partial charge in [0, 0.05) is 23.5 Å². The van der Waals surface area contributed by atoms with Crippen LogP contribution in [0.2, 0.25) is 0 Å². The molecule has 1 aromatic carbocycles. The first-order chi connectivity index (χ1) is 11.7. The highest BCUT2D eigenvalue weighted by atomic mass is 15.1. The molecule has 124 valence electrons. The Balaban J connectivity index is 1.71. The van der Waals surface area contributed by atoms with Crippen LogP contribution in [0.4, 0.5) is 17.5 Å². The summed E-state index contributed by atoms with van der Waals surface area (Å²) >= 11 is 0. The van der Waals surface area contributed by atoms with Crippen molar-refractivity contribution in [1.29, 1.82) is 5.26 Å². The van der Waals surface area contributed by atoms with E-state index in [1.165, 1.54) is 38.5 Å². The molecule has 1 aromatic heterocycles. The van der Waals surface area contributed by atoms with Crippen molar-refractivity contribution in [2.75, 3.05) is 10.6 Å². The van der Waals surface area contributed by atoms with E-state index >= 15 is 0 Å². The standard InChI is InChI=1S/C19H23N5/c1-14-12-18(22-16-6-4-2-3-5-7-16)24-19(21-14)23-17-10-8-15(13-20)9-11-17/h8-12,16H,2-7H2,1H3,(H2,21,22,23,24). The fraction of sp³-hybridized carbons (Fsp3) is 0.421. The van der Waals surface area contributed by atoms with Gasteiger partial charge in [0.05, 0.1) is 11.6 Å². The molecule has 0 saturated heterocycles. The number of anilines is 3.